The lowest BCUT2D eigenvalue weighted by atomic mass is 9.72. The molecule has 0 radical (unpaired) electrons. The Bertz CT molecular complexity index is 835. The maximum absolute atomic E-state index is 12.2. The molecule has 0 spiro atoms. The van der Waals surface area contributed by atoms with Gasteiger partial charge in [0.05, 0.1) is 12.7 Å². The highest BCUT2D eigenvalue weighted by Crippen LogP contribution is 2.30. The summed E-state index contributed by atoms with van der Waals surface area (Å²) >= 11 is 0. The summed E-state index contributed by atoms with van der Waals surface area (Å²) < 4.78 is 73.9. The molecule has 1 aromatic carbocycles. The zero-order valence-corrected chi connectivity index (χ0v) is 17.1. The third-order valence-electron chi connectivity index (χ3n) is 4.19. The van der Waals surface area contributed by atoms with E-state index in [0.717, 1.165) is 6.26 Å². The Morgan fingerprint density at radius 1 is 1.37 bits per heavy atom. The van der Waals surface area contributed by atoms with Crippen molar-refractivity contribution in [2.75, 3.05) is 25.5 Å². The van der Waals surface area contributed by atoms with Crippen molar-refractivity contribution < 1.29 is 45.5 Å². The third-order valence-corrected chi connectivity index (χ3v) is 4.74. The first-order valence-electron chi connectivity index (χ1n) is 9.15. The van der Waals surface area contributed by atoms with Crippen LogP contribution in [0.1, 0.15) is 35.2 Å². The second kappa shape index (κ2) is 10.5. The second-order valence-electron chi connectivity index (χ2n) is 6.92. The van der Waals surface area contributed by atoms with Gasteiger partial charge in [-0.15, -0.1) is 0 Å². The van der Waals surface area contributed by atoms with Gasteiger partial charge in [0.15, 0.2) is 15.8 Å². The first-order chi connectivity index (χ1) is 14.0. The third kappa shape index (κ3) is 8.13. The minimum absolute atomic E-state index is 0.00251. The average Bonchev–Trinajstić information content (AvgIpc) is 2.63. The molecule has 0 amide bonds. The summed E-state index contributed by atoms with van der Waals surface area (Å²) in [5, 5.41) is 13.1. The van der Waals surface area contributed by atoms with Gasteiger partial charge >= 0.3 is 19.3 Å². The van der Waals surface area contributed by atoms with E-state index in [1.807, 2.05) is 0 Å². The summed E-state index contributed by atoms with van der Waals surface area (Å²) in [7, 11) is -4.83. The molecule has 1 atom stereocenters. The highest BCUT2D eigenvalue weighted by molar-refractivity contribution is 7.90. The molecule has 30 heavy (non-hydrogen) atoms. The van der Waals surface area contributed by atoms with Crippen LogP contribution < -0.4 is 9.97 Å². The van der Waals surface area contributed by atoms with E-state index >= 15 is 0 Å². The molecule has 0 fully saturated rings. The van der Waals surface area contributed by atoms with Crippen LogP contribution in [0, 0.1) is 0 Å². The van der Waals surface area contributed by atoms with Crippen LogP contribution >= 0.6 is 0 Å². The average molecular weight is 453 g/mol. The second-order valence-corrected chi connectivity index (χ2v) is 9.00. The van der Waals surface area contributed by atoms with E-state index in [9.17, 15) is 31.4 Å². The smallest absolute Gasteiger partial charge is 0.534 e. The van der Waals surface area contributed by atoms with E-state index in [1.165, 1.54) is 6.07 Å². The Labute approximate surface area is 172 Å². The van der Waals surface area contributed by atoms with Crippen molar-refractivity contribution in [3.63, 3.8) is 0 Å². The number of halogens is 3. The van der Waals surface area contributed by atoms with Gasteiger partial charge in [0.25, 0.3) is 0 Å². The molecule has 1 aliphatic rings. The highest BCUT2D eigenvalue weighted by atomic mass is 32.2. The lowest BCUT2D eigenvalue weighted by molar-refractivity contribution is -0.136. The number of benzene rings is 1. The Morgan fingerprint density at radius 2 is 2.10 bits per heavy atom. The van der Waals surface area contributed by atoms with E-state index in [-0.39, 0.29) is 43.9 Å². The number of fused-ring (bicyclic) bond motifs is 1. The Kier molecular flexibility index (Phi) is 8.53. The van der Waals surface area contributed by atoms with Gasteiger partial charge in [-0.25, -0.2) is 13.2 Å². The maximum Gasteiger partial charge on any atom is 0.541 e. The number of hydrogen-bond acceptors (Lipinski definition) is 8. The van der Waals surface area contributed by atoms with Crippen molar-refractivity contribution in [2.24, 2.45) is 0 Å². The van der Waals surface area contributed by atoms with Crippen LogP contribution in [-0.2, 0) is 25.7 Å². The number of unbranched alkanes of at least 4 members (excludes halogenated alkanes) is 1. The number of esters is 1. The number of nitrogens with one attached hydrogen (secondary N) is 1. The molecule has 2 N–H and O–H groups in total. The molecule has 1 aromatic rings. The largest absolute Gasteiger partial charge is 0.541 e. The lowest BCUT2D eigenvalue weighted by Crippen LogP contribution is -2.51. The molecule has 0 unspecified atom stereocenters. The minimum Gasteiger partial charge on any atom is -0.534 e. The van der Waals surface area contributed by atoms with Gasteiger partial charge in [-0.1, -0.05) is 12.1 Å². The van der Waals surface area contributed by atoms with E-state index in [4.69, 9.17) is 14.1 Å². The Morgan fingerprint density at radius 3 is 2.77 bits per heavy atom. The summed E-state index contributed by atoms with van der Waals surface area (Å²) in [5.41, 5.74) is 0.589. The van der Waals surface area contributed by atoms with E-state index in [1.54, 1.807) is 12.1 Å². The van der Waals surface area contributed by atoms with Gasteiger partial charge in [0.1, 0.15) is 11.3 Å². The first-order valence-corrected chi connectivity index (χ1v) is 11.2. The van der Waals surface area contributed by atoms with Gasteiger partial charge < -0.3 is 19.2 Å². The number of carbonyl (C=O) groups is 1. The first kappa shape index (κ1) is 24.4. The number of sulfone groups is 1. The van der Waals surface area contributed by atoms with Gasteiger partial charge in [-0.3, -0.25) is 5.32 Å². The quantitative estimate of drug-likeness (QED) is 0.237. The molecular weight excluding hydrogens is 430 g/mol. The van der Waals surface area contributed by atoms with Crippen molar-refractivity contribution in [3.8, 4) is 5.75 Å². The van der Waals surface area contributed by atoms with Crippen LogP contribution in [0.15, 0.2) is 18.2 Å². The van der Waals surface area contributed by atoms with Crippen LogP contribution in [0.4, 0.5) is 13.2 Å². The van der Waals surface area contributed by atoms with Crippen LogP contribution in [0.3, 0.4) is 0 Å². The van der Waals surface area contributed by atoms with Crippen LogP contribution in [0.5, 0.6) is 5.75 Å². The molecule has 0 saturated heterocycles. The van der Waals surface area contributed by atoms with Crippen molar-refractivity contribution >= 4 is 22.9 Å². The molecule has 168 valence electrons. The number of para-hydroxylation sites is 1. The van der Waals surface area contributed by atoms with Gasteiger partial charge in [-0.2, -0.15) is 13.2 Å². The molecule has 1 aliphatic heterocycles. The van der Waals surface area contributed by atoms with E-state index in [2.05, 4.69) is 5.32 Å². The van der Waals surface area contributed by atoms with Crippen molar-refractivity contribution in [1.82, 2.24) is 5.32 Å². The summed E-state index contributed by atoms with van der Waals surface area (Å²) in [6, 6.07) is 4.65. The molecular formula is C17H23BF3NO7S. The van der Waals surface area contributed by atoms with E-state index in [0.29, 0.717) is 5.56 Å². The summed E-state index contributed by atoms with van der Waals surface area (Å²) in [4.78, 5) is 12.2. The fraction of sp³-hybridized carbons (Fsp3) is 0.588. The number of ether oxygens (including phenoxy) is 2. The molecule has 0 aliphatic carbocycles. The molecule has 8 nitrogen and oxygen atoms in total. The zero-order chi connectivity index (χ0) is 22.4. The normalized spacial score (nSPS) is 16.7. The molecule has 2 rings (SSSR count). The molecule has 0 bridgehead atoms. The summed E-state index contributed by atoms with van der Waals surface area (Å²) in [6.07, 6.45) is -3.59. The Hall–Kier alpha value is -1.83. The van der Waals surface area contributed by atoms with Gasteiger partial charge in [0.2, 0.25) is 0 Å². The number of carbonyl (C=O) groups excluding carboxylic acids is 1. The van der Waals surface area contributed by atoms with Crippen molar-refractivity contribution in [1.29, 1.82) is 0 Å². The van der Waals surface area contributed by atoms with Crippen LogP contribution in [-0.4, -0.2) is 64.2 Å². The van der Waals surface area contributed by atoms with E-state index < -0.39 is 47.4 Å². The predicted molar refractivity (Wildman–Crippen MR) is 102 cm³/mol. The molecule has 0 aromatic heterocycles. The topological polar surface area (TPSA) is 111 Å². The van der Waals surface area contributed by atoms with Gasteiger partial charge in [0, 0.05) is 19.3 Å². The summed E-state index contributed by atoms with van der Waals surface area (Å²) in [5.74, 6) is -2.13. The molecule has 0 saturated carbocycles. The van der Waals surface area contributed by atoms with Crippen molar-refractivity contribution in [2.45, 2.75) is 37.8 Å². The number of alkyl halides is 3. The SMILES string of the molecule is CS(=O)(=O)COC(=O)c1cccc2c1OB(O)[C@@H](NCOCCCCC(F)(F)F)C2. The fourth-order valence-electron chi connectivity index (χ4n) is 2.77. The lowest BCUT2D eigenvalue weighted by Gasteiger charge is -2.29. The van der Waals surface area contributed by atoms with Crippen LogP contribution in [0.25, 0.3) is 0 Å². The van der Waals surface area contributed by atoms with Crippen LogP contribution in [0.2, 0.25) is 0 Å². The zero-order valence-electron chi connectivity index (χ0n) is 16.3. The number of rotatable bonds is 10. The predicted octanol–water partition coefficient (Wildman–Crippen LogP) is 1.46. The van der Waals surface area contributed by atoms with Crippen molar-refractivity contribution in [3.05, 3.63) is 29.3 Å². The molecule has 1 heterocycles. The van der Waals surface area contributed by atoms with Gasteiger partial charge in [-0.05, 0) is 30.9 Å². The maximum atomic E-state index is 12.2. The highest BCUT2D eigenvalue weighted by Gasteiger charge is 2.36. The Balaban J connectivity index is 1.85. The summed E-state index contributed by atoms with van der Waals surface area (Å²) in [6.45, 7) is 0.141. The minimum atomic E-state index is -4.18. The standard InChI is InChI=1S/C17H23BF3NO7S/c1-30(25,26)11-28-16(23)13-6-4-5-12-9-14(18(24)29-15(12)13)22-10-27-8-3-2-7-17(19,20)21/h4-6,14,22,24H,2-3,7-11H2,1H3/t14-/m0/s1. The molecule has 13 heteroatoms. The number of hydrogen-bond donors (Lipinski definition) is 2. The monoisotopic (exact) mass is 453 g/mol. The fourth-order valence-corrected chi connectivity index (χ4v) is 3.09.